The van der Waals surface area contributed by atoms with E-state index in [0.29, 0.717) is 0 Å². The summed E-state index contributed by atoms with van der Waals surface area (Å²) >= 11 is 0. The van der Waals surface area contributed by atoms with E-state index >= 15 is 0 Å². The molecule has 13 heavy (non-hydrogen) atoms. The number of hydrogen-bond acceptors (Lipinski definition) is 2. The summed E-state index contributed by atoms with van der Waals surface area (Å²) in [5.74, 6) is 1.17. The normalized spacial score (nSPS) is 16.5. The predicted molar refractivity (Wildman–Crippen MR) is 52.9 cm³/mol. The molecule has 1 fully saturated rings. The van der Waals surface area contributed by atoms with E-state index in [4.69, 9.17) is 0 Å². The van der Waals surface area contributed by atoms with Gasteiger partial charge in [0.2, 0.25) is 0 Å². The first-order chi connectivity index (χ1) is 6.31. The van der Waals surface area contributed by atoms with Crippen LogP contribution in [0.15, 0.2) is 6.20 Å². The Morgan fingerprint density at radius 3 is 3.00 bits per heavy atom. The molecule has 0 saturated heterocycles. The van der Waals surface area contributed by atoms with Crippen LogP contribution in [0.5, 0.6) is 0 Å². The lowest BCUT2D eigenvalue weighted by atomic mass is 10.3. The molecule has 2 rings (SSSR count). The molecule has 1 aliphatic carbocycles. The molecule has 0 unspecified atom stereocenters. The highest BCUT2D eigenvalue weighted by molar-refractivity contribution is 5.07. The SMILES string of the molecule is CNCCc1cn(C2CC2)c(C)n1. The molecule has 0 spiro atoms. The van der Waals surface area contributed by atoms with Gasteiger partial charge in [-0.15, -0.1) is 0 Å². The van der Waals surface area contributed by atoms with Gasteiger partial charge in [0.1, 0.15) is 5.82 Å². The first-order valence-corrected chi connectivity index (χ1v) is 5.00. The largest absolute Gasteiger partial charge is 0.332 e. The summed E-state index contributed by atoms with van der Waals surface area (Å²) in [5.41, 5.74) is 1.22. The lowest BCUT2D eigenvalue weighted by molar-refractivity contribution is 0.710. The Bertz CT molecular complexity index is 286. The van der Waals surface area contributed by atoms with E-state index in [-0.39, 0.29) is 0 Å². The third kappa shape index (κ3) is 1.91. The lowest BCUT2D eigenvalue weighted by Gasteiger charge is -1.98. The molecule has 0 atom stereocenters. The summed E-state index contributed by atoms with van der Waals surface area (Å²) in [5, 5.41) is 3.14. The highest BCUT2D eigenvalue weighted by Gasteiger charge is 2.24. The second kappa shape index (κ2) is 3.50. The molecule has 1 aliphatic rings. The van der Waals surface area contributed by atoms with Crippen LogP contribution < -0.4 is 5.32 Å². The van der Waals surface area contributed by atoms with Crippen molar-refractivity contribution in [3.8, 4) is 0 Å². The molecule has 0 bridgehead atoms. The Balaban J connectivity index is 2.05. The number of aryl methyl sites for hydroxylation is 1. The predicted octanol–water partition coefficient (Wildman–Crippen LogP) is 1.29. The summed E-state index contributed by atoms with van der Waals surface area (Å²) in [4.78, 5) is 4.53. The van der Waals surface area contributed by atoms with Crippen LogP contribution in [0.25, 0.3) is 0 Å². The molecule has 0 amide bonds. The number of imidazole rings is 1. The van der Waals surface area contributed by atoms with Crippen LogP contribution in [-0.2, 0) is 6.42 Å². The Labute approximate surface area is 79.2 Å². The fourth-order valence-electron chi connectivity index (χ4n) is 1.64. The Kier molecular flexibility index (Phi) is 2.36. The minimum Gasteiger partial charge on any atom is -0.332 e. The van der Waals surface area contributed by atoms with Crippen LogP contribution in [0.3, 0.4) is 0 Å². The summed E-state index contributed by atoms with van der Waals surface area (Å²) in [6, 6.07) is 0.760. The van der Waals surface area contributed by atoms with Crippen LogP contribution in [0.1, 0.15) is 30.4 Å². The molecule has 1 heterocycles. The lowest BCUT2D eigenvalue weighted by Crippen LogP contribution is -2.10. The maximum atomic E-state index is 4.53. The highest BCUT2D eigenvalue weighted by Crippen LogP contribution is 2.35. The Morgan fingerprint density at radius 2 is 2.38 bits per heavy atom. The van der Waals surface area contributed by atoms with Gasteiger partial charge in [-0.1, -0.05) is 0 Å². The zero-order valence-electron chi connectivity index (χ0n) is 8.38. The van der Waals surface area contributed by atoms with Gasteiger partial charge in [-0.3, -0.25) is 0 Å². The number of nitrogens with zero attached hydrogens (tertiary/aromatic N) is 2. The van der Waals surface area contributed by atoms with Crippen LogP contribution in [-0.4, -0.2) is 23.1 Å². The number of nitrogens with one attached hydrogen (secondary N) is 1. The number of likely N-dealkylation sites (N-methyl/N-ethyl adjacent to an activating group) is 1. The Morgan fingerprint density at radius 1 is 1.62 bits per heavy atom. The van der Waals surface area contributed by atoms with E-state index in [9.17, 15) is 0 Å². The zero-order chi connectivity index (χ0) is 9.26. The van der Waals surface area contributed by atoms with Crippen LogP contribution in [0, 0.1) is 6.92 Å². The third-order valence-electron chi connectivity index (χ3n) is 2.54. The number of aromatic nitrogens is 2. The molecule has 1 aromatic heterocycles. The fourth-order valence-corrected chi connectivity index (χ4v) is 1.64. The molecule has 1 N–H and O–H groups in total. The standard InChI is InChI=1S/C10H17N3/c1-8-12-9(5-6-11-2)7-13(8)10-3-4-10/h7,10-11H,3-6H2,1-2H3. The second-order valence-corrected chi connectivity index (χ2v) is 3.77. The van der Waals surface area contributed by atoms with E-state index in [0.717, 1.165) is 19.0 Å². The van der Waals surface area contributed by atoms with E-state index in [1.54, 1.807) is 0 Å². The van der Waals surface area contributed by atoms with Crippen molar-refractivity contribution in [2.75, 3.05) is 13.6 Å². The van der Waals surface area contributed by atoms with Crippen LogP contribution >= 0.6 is 0 Å². The highest BCUT2D eigenvalue weighted by atomic mass is 15.1. The molecule has 3 nitrogen and oxygen atoms in total. The van der Waals surface area contributed by atoms with Crippen molar-refractivity contribution in [1.29, 1.82) is 0 Å². The van der Waals surface area contributed by atoms with Crippen molar-refractivity contribution in [3.05, 3.63) is 17.7 Å². The van der Waals surface area contributed by atoms with E-state index in [1.807, 2.05) is 7.05 Å². The maximum Gasteiger partial charge on any atom is 0.106 e. The minimum atomic E-state index is 0.760. The Hall–Kier alpha value is -0.830. The second-order valence-electron chi connectivity index (χ2n) is 3.77. The van der Waals surface area contributed by atoms with Crippen LogP contribution in [0.4, 0.5) is 0 Å². The summed E-state index contributed by atoms with van der Waals surface area (Å²) in [7, 11) is 1.98. The van der Waals surface area contributed by atoms with Gasteiger partial charge >= 0.3 is 0 Å². The molecule has 0 radical (unpaired) electrons. The summed E-state index contributed by atoms with van der Waals surface area (Å²) < 4.78 is 2.32. The number of hydrogen-bond donors (Lipinski definition) is 1. The van der Waals surface area contributed by atoms with E-state index in [1.165, 1.54) is 24.4 Å². The first kappa shape index (κ1) is 8.75. The molecule has 0 aliphatic heterocycles. The van der Waals surface area contributed by atoms with E-state index < -0.39 is 0 Å². The van der Waals surface area contributed by atoms with Gasteiger partial charge in [0.05, 0.1) is 5.69 Å². The molecule has 1 saturated carbocycles. The smallest absolute Gasteiger partial charge is 0.106 e. The third-order valence-corrected chi connectivity index (χ3v) is 2.54. The van der Waals surface area contributed by atoms with Crippen molar-refractivity contribution in [3.63, 3.8) is 0 Å². The quantitative estimate of drug-likeness (QED) is 0.754. The van der Waals surface area contributed by atoms with Gasteiger partial charge in [0.25, 0.3) is 0 Å². The van der Waals surface area contributed by atoms with Crippen molar-refractivity contribution in [2.45, 2.75) is 32.2 Å². The van der Waals surface area contributed by atoms with Gasteiger partial charge in [-0.05, 0) is 26.8 Å². The van der Waals surface area contributed by atoms with E-state index in [2.05, 4.69) is 28.0 Å². The molecule has 3 heteroatoms. The topological polar surface area (TPSA) is 29.9 Å². The van der Waals surface area contributed by atoms with Gasteiger partial charge in [-0.2, -0.15) is 0 Å². The molecule has 72 valence electrons. The van der Waals surface area contributed by atoms with Crippen molar-refractivity contribution in [1.82, 2.24) is 14.9 Å². The summed E-state index contributed by atoms with van der Waals surface area (Å²) in [6.45, 7) is 3.11. The van der Waals surface area contributed by atoms with Crippen molar-refractivity contribution in [2.24, 2.45) is 0 Å². The average molecular weight is 179 g/mol. The summed E-state index contributed by atoms with van der Waals surface area (Å²) in [6.07, 6.45) is 5.92. The zero-order valence-corrected chi connectivity index (χ0v) is 8.38. The maximum absolute atomic E-state index is 4.53. The van der Waals surface area contributed by atoms with Gasteiger partial charge in [0.15, 0.2) is 0 Å². The monoisotopic (exact) mass is 179 g/mol. The average Bonchev–Trinajstić information content (AvgIpc) is 2.88. The van der Waals surface area contributed by atoms with Gasteiger partial charge in [-0.25, -0.2) is 4.98 Å². The van der Waals surface area contributed by atoms with Gasteiger partial charge in [0, 0.05) is 25.2 Å². The number of rotatable bonds is 4. The fraction of sp³-hybridized carbons (Fsp3) is 0.700. The van der Waals surface area contributed by atoms with Crippen molar-refractivity contribution >= 4 is 0 Å². The molecular weight excluding hydrogens is 162 g/mol. The first-order valence-electron chi connectivity index (χ1n) is 5.00. The molecular formula is C10H17N3. The van der Waals surface area contributed by atoms with Crippen LogP contribution in [0.2, 0.25) is 0 Å². The van der Waals surface area contributed by atoms with Crippen molar-refractivity contribution < 1.29 is 0 Å². The molecule has 0 aromatic carbocycles. The minimum absolute atomic E-state index is 0.760. The molecule has 1 aromatic rings. The van der Waals surface area contributed by atoms with Gasteiger partial charge < -0.3 is 9.88 Å².